The molecule has 2 heterocycles. The van der Waals surface area contributed by atoms with Gasteiger partial charge in [-0.15, -0.1) is 0 Å². The normalized spacial score (nSPS) is 18.7. The first-order valence-corrected chi connectivity index (χ1v) is 9.65. The van der Waals surface area contributed by atoms with Gasteiger partial charge in [-0.2, -0.15) is 0 Å². The van der Waals surface area contributed by atoms with Crippen molar-refractivity contribution in [1.29, 1.82) is 0 Å². The molecule has 1 saturated heterocycles. The second kappa shape index (κ2) is 8.71. The molecule has 1 aliphatic rings. The van der Waals surface area contributed by atoms with E-state index < -0.39 is 23.5 Å². The number of quaternary nitrogens is 1. The molecule has 8 heteroatoms. The van der Waals surface area contributed by atoms with Gasteiger partial charge in [0.1, 0.15) is 17.6 Å². The number of rotatable bonds is 7. The summed E-state index contributed by atoms with van der Waals surface area (Å²) in [5.74, 6) is -1.25. The number of benzene rings is 1. The maximum absolute atomic E-state index is 13.2. The van der Waals surface area contributed by atoms with Crippen LogP contribution in [0.5, 0.6) is 5.75 Å². The molecule has 3 rings (SSSR count). The Labute approximate surface area is 174 Å². The van der Waals surface area contributed by atoms with Crippen molar-refractivity contribution >= 4 is 29.1 Å². The highest BCUT2D eigenvalue weighted by molar-refractivity contribution is 6.46. The topological polar surface area (TPSA) is 87.2 Å². The molecule has 1 aliphatic heterocycles. The summed E-state index contributed by atoms with van der Waals surface area (Å²) in [5.41, 5.74) is 0.0893. The van der Waals surface area contributed by atoms with E-state index in [0.29, 0.717) is 24.5 Å². The zero-order valence-corrected chi connectivity index (χ0v) is 17.3. The summed E-state index contributed by atoms with van der Waals surface area (Å²) in [7, 11) is 5.49. The van der Waals surface area contributed by atoms with E-state index in [-0.39, 0.29) is 16.2 Å². The standard InChI is InChI=1S/C21H23ClN2O5/c1-23(2)9-5-10-24-18(16-6-4-11-29-16)17(20(26)21(24)27)19(25)13-7-8-15(28-3)14(22)12-13/h4,6-8,11-12,18,25H,5,9-10H2,1-3H3. The van der Waals surface area contributed by atoms with Crippen molar-refractivity contribution < 1.29 is 28.7 Å². The van der Waals surface area contributed by atoms with Crippen LogP contribution in [0.1, 0.15) is 23.8 Å². The molecular weight excluding hydrogens is 396 g/mol. The lowest BCUT2D eigenvalue weighted by Crippen LogP contribution is -3.05. The van der Waals surface area contributed by atoms with Crippen molar-refractivity contribution in [3.63, 3.8) is 0 Å². The number of ether oxygens (including phenoxy) is 1. The van der Waals surface area contributed by atoms with Gasteiger partial charge in [0.15, 0.2) is 0 Å². The summed E-state index contributed by atoms with van der Waals surface area (Å²) in [4.78, 5) is 28.1. The Hall–Kier alpha value is -2.77. The number of hydrogen-bond acceptors (Lipinski definition) is 5. The van der Waals surface area contributed by atoms with Crippen molar-refractivity contribution in [3.8, 4) is 5.75 Å². The van der Waals surface area contributed by atoms with Crippen molar-refractivity contribution in [1.82, 2.24) is 4.90 Å². The van der Waals surface area contributed by atoms with Gasteiger partial charge in [-0.05, 0) is 29.8 Å². The number of amides is 1. The lowest BCUT2D eigenvalue weighted by Gasteiger charge is -2.25. The molecule has 1 amide bonds. The van der Waals surface area contributed by atoms with E-state index in [0.717, 1.165) is 6.54 Å². The molecule has 154 valence electrons. The van der Waals surface area contributed by atoms with E-state index in [2.05, 4.69) is 0 Å². The number of Topliss-reactive ketones (excluding diaryl/α,β-unsaturated/α-hetero) is 1. The Morgan fingerprint density at radius 3 is 2.66 bits per heavy atom. The number of methoxy groups -OCH3 is 1. The molecule has 0 spiro atoms. The van der Waals surface area contributed by atoms with Crippen LogP contribution in [0, 0.1) is 0 Å². The first-order chi connectivity index (χ1) is 13.8. The molecule has 1 aromatic carbocycles. The molecule has 2 aromatic rings. The third-order valence-corrected chi connectivity index (χ3v) is 5.13. The number of ketones is 1. The quantitative estimate of drug-likeness (QED) is 0.406. The molecule has 29 heavy (non-hydrogen) atoms. The van der Waals surface area contributed by atoms with Gasteiger partial charge in [-0.3, -0.25) is 9.59 Å². The second-order valence-corrected chi connectivity index (χ2v) is 7.56. The van der Waals surface area contributed by atoms with Crippen LogP contribution < -0.4 is 14.7 Å². The summed E-state index contributed by atoms with van der Waals surface area (Å²) in [5, 5.41) is 13.5. The molecule has 0 saturated carbocycles. The summed E-state index contributed by atoms with van der Waals surface area (Å²) in [6.07, 6.45) is 2.14. The van der Waals surface area contributed by atoms with Gasteiger partial charge in [-0.25, -0.2) is 0 Å². The van der Waals surface area contributed by atoms with Gasteiger partial charge in [0.05, 0.1) is 39.0 Å². The highest BCUT2D eigenvalue weighted by Crippen LogP contribution is 2.39. The van der Waals surface area contributed by atoms with E-state index in [1.54, 1.807) is 18.2 Å². The summed E-state index contributed by atoms with van der Waals surface area (Å²) in [6, 6.07) is 6.98. The fraction of sp³-hybridized carbons (Fsp3) is 0.333. The van der Waals surface area contributed by atoms with Gasteiger partial charge in [0.2, 0.25) is 5.78 Å². The highest BCUT2D eigenvalue weighted by atomic mass is 35.5. The predicted molar refractivity (Wildman–Crippen MR) is 105 cm³/mol. The number of nitrogens with one attached hydrogen (secondary N) is 1. The monoisotopic (exact) mass is 418 g/mol. The molecule has 0 radical (unpaired) electrons. The van der Waals surface area contributed by atoms with E-state index in [4.69, 9.17) is 20.8 Å². The number of likely N-dealkylation sites (tertiary alicyclic amines) is 1. The Balaban J connectivity index is 2.05. The lowest BCUT2D eigenvalue weighted by molar-refractivity contribution is -0.858. The van der Waals surface area contributed by atoms with Gasteiger partial charge in [0.25, 0.3) is 5.91 Å². The number of halogens is 1. The highest BCUT2D eigenvalue weighted by Gasteiger charge is 2.45. The van der Waals surface area contributed by atoms with Gasteiger partial charge in [0, 0.05) is 18.5 Å². The third kappa shape index (κ3) is 4.16. The average Bonchev–Trinajstić information content (AvgIpc) is 3.29. The van der Waals surface area contributed by atoms with Gasteiger partial charge < -0.3 is 24.1 Å². The van der Waals surface area contributed by atoms with Gasteiger partial charge >= 0.3 is 0 Å². The van der Waals surface area contributed by atoms with E-state index >= 15 is 0 Å². The Kier molecular flexibility index (Phi) is 6.30. The van der Waals surface area contributed by atoms with E-state index in [9.17, 15) is 14.7 Å². The maximum Gasteiger partial charge on any atom is 0.295 e. The smallest absolute Gasteiger partial charge is 0.295 e. The zero-order valence-electron chi connectivity index (χ0n) is 16.5. The minimum Gasteiger partial charge on any atom is -0.872 e. The Morgan fingerprint density at radius 1 is 1.31 bits per heavy atom. The van der Waals surface area contributed by atoms with Crippen molar-refractivity contribution in [2.75, 3.05) is 34.3 Å². The average molecular weight is 419 g/mol. The first kappa shape index (κ1) is 21.0. The van der Waals surface area contributed by atoms with Crippen LogP contribution in [0.4, 0.5) is 0 Å². The van der Waals surface area contributed by atoms with E-state index in [1.165, 1.54) is 35.3 Å². The Bertz CT molecular complexity index is 937. The molecule has 1 unspecified atom stereocenters. The van der Waals surface area contributed by atoms with Crippen LogP contribution in [0.25, 0.3) is 5.76 Å². The molecule has 7 nitrogen and oxygen atoms in total. The van der Waals surface area contributed by atoms with Crippen LogP contribution >= 0.6 is 11.6 Å². The number of nitrogens with zero attached hydrogens (tertiary/aromatic N) is 1. The minimum absolute atomic E-state index is 0.122. The fourth-order valence-electron chi connectivity index (χ4n) is 3.41. The fourth-order valence-corrected chi connectivity index (χ4v) is 3.67. The minimum atomic E-state index is -0.851. The second-order valence-electron chi connectivity index (χ2n) is 7.15. The third-order valence-electron chi connectivity index (χ3n) is 4.83. The number of furan rings is 1. The van der Waals surface area contributed by atoms with Crippen LogP contribution in [0.15, 0.2) is 46.6 Å². The van der Waals surface area contributed by atoms with Crippen LogP contribution in [-0.2, 0) is 9.59 Å². The van der Waals surface area contributed by atoms with Crippen LogP contribution in [0.2, 0.25) is 5.02 Å². The summed E-state index contributed by atoms with van der Waals surface area (Å²) in [6.45, 7) is 1.17. The number of carbonyl (C=O) groups excluding carboxylic acids is 2. The zero-order chi connectivity index (χ0) is 21.1. The molecular formula is C21H23ClN2O5. The number of carbonyl (C=O) groups is 2. The molecule has 1 atom stereocenters. The summed E-state index contributed by atoms with van der Waals surface area (Å²) < 4.78 is 10.6. The number of hydrogen-bond donors (Lipinski definition) is 1. The molecule has 1 N–H and O–H groups in total. The van der Waals surface area contributed by atoms with Crippen molar-refractivity contribution in [2.45, 2.75) is 12.5 Å². The van der Waals surface area contributed by atoms with Crippen molar-refractivity contribution in [2.24, 2.45) is 0 Å². The molecule has 0 bridgehead atoms. The molecule has 0 aliphatic carbocycles. The maximum atomic E-state index is 13.2. The van der Waals surface area contributed by atoms with E-state index in [1.807, 2.05) is 14.1 Å². The molecule has 1 fully saturated rings. The predicted octanol–water partition coefficient (Wildman–Crippen LogP) is 0.700. The van der Waals surface area contributed by atoms with Crippen LogP contribution in [-0.4, -0.2) is 50.9 Å². The summed E-state index contributed by atoms with van der Waals surface area (Å²) >= 11 is 6.14. The lowest BCUT2D eigenvalue weighted by atomic mass is 9.99. The SMILES string of the molecule is COc1ccc(C([O-])=C2C(=O)C(=O)N(CCC[NH+](C)C)C2c2ccco2)cc1Cl. The molecule has 1 aromatic heterocycles. The Morgan fingerprint density at radius 2 is 2.07 bits per heavy atom. The first-order valence-electron chi connectivity index (χ1n) is 9.28. The van der Waals surface area contributed by atoms with Gasteiger partial charge in [-0.1, -0.05) is 23.4 Å². The van der Waals surface area contributed by atoms with Crippen molar-refractivity contribution in [3.05, 3.63) is 58.5 Å². The van der Waals surface area contributed by atoms with Crippen LogP contribution in [0.3, 0.4) is 0 Å². The largest absolute Gasteiger partial charge is 0.872 e.